The highest BCUT2D eigenvalue weighted by atomic mass is 19.1. The van der Waals surface area contributed by atoms with Crippen LogP contribution >= 0.6 is 0 Å². The second-order valence-corrected chi connectivity index (χ2v) is 5.96. The van der Waals surface area contributed by atoms with Crippen LogP contribution in [-0.2, 0) is 4.79 Å². The van der Waals surface area contributed by atoms with Crippen LogP contribution in [0.3, 0.4) is 0 Å². The number of likely N-dealkylation sites (N-methyl/N-ethyl adjacent to an activating group) is 1. The Balaban J connectivity index is 1.57. The van der Waals surface area contributed by atoms with Crippen molar-refractivity contribution in [1.29, 1.82) is 0 Å². The summed E-state index contributed by atoms with van der Waals surface area (Å²) in [4.78, 5) is 13.8. The molecule has 0 bridgehead atoms. The summed E-state index contributed by atoms with van der Waals surface area (Å²) < 4.78 is 18.7. The molecule has 7 heteroatoms. The fraction of sp³-hybridized carbons (Fsp3) is 0.471. The highest BCUT2D eigenvalue weighted by molar-refractivity contribution is 5.77. The number of hydrogen-bond donors (Lipinski definition) is 1. The van der Waals surface area contributed by atoms with E-state index in [0.717, 1.165) is 25.9 Å². The van der Waals surface area contributed by atoms with Gasteiger partial charge in [0.2, 0.25) is 17.7 Å². The van der Waals surface area contributed by atoms with Crippen molar-refractivity contribution >= 4 is 5.91 Å². The third kappa shape index (κ3) is 3.97. The Labute approximate surface area is 140 Å². The average molecular weight is 332 g/mol. The van der Waals surface area contributed by atoms with Gasteiger partial charge in [0, 0.05) is 18.0 Å². The molecule has 128 valence electrons. The Bertz CT molecular complexity index is 678. The van der Waals surface area contributed by atoms with Crippen molar-refractivity contribution in [1.82, 2.24) is 20.4 Å². The van der Waals surface area contributed by atoms with E-state index in [9.17, 15) is 9.18 Å². The molecule has 0 atom stereocenters. The molecular weight excluding hydrogens is 311 g/mol. The third-order valence-electron chi connectivity index (χ3n) is 4.21. The molecule has 1 aliphatic heterocycles. The zero-order valence-corrected chi connectivity index (χ0v) is 13.7. The molecule has 1 aromatic carbocycles. The number of nitrogens with one attached hydrogen (secondary N) is 1. The number of carbonyl (C=O) groups is 1. The Morgan fingerprint density at radius 1 is 1.29 bits per heavy atom. The third-order valence-corrected chi connectivity index (χ3v) is 4.21. The molecule has 1 aromatic heterocycles. The predicted molar refractivity (Wildman–Crippen MR) is 86.8 cm³/mol. The highest BCUT2D eigenvalue weighted by Crippen LogP contribution is 2.29. The summed E-state index contributed by atoms with van der Waals surface area (Å²) in [5.74, 6) is 1.00. The number of aromatic nitrogens is 2. The largest absolute Gasteiger partial charge is 0.420 e. The fourth-order valence-corrected chi connectivity index (χ4v) is 2.90. The molecule has 1 N–H and O–H groups in total. The van der Waals surface area contributed by atoms with Gasteiger partial charge < -0.3 is 9.73 Å². The van der Waals surface area contributed by atoms with E-state index in [-0.39, 0.29) is 17.6 Å². The van der Waals surface area contributed by atoms with Crippen LogP contribution in [0.15, 0.2) is 28.7 Å². The average Bonchev–Trinajstić information content (AvgIpc) is 3.06. The van der Waals surface area contributed by atoms with Gasteiger partial charge in [0.15, 0.2) is 0 Å². The van der Waals surface area contributed by atoms with E-state index in [1.54, 1.807) is 12.1 Å². The van der Waals surface area contributed by atoms with Crippen LogP contribution in [-0.4, -0.2) is 47.2 Å². The number of carbonyl (C=O) groups excluding carboxylic acids is 1. The van der Waals surface area contributed by atoms with Crippen molar-refractivity contribution < 1.29 is 13.6 Å². The first-order valence-electron chi connectivity index (χ1n) is 8.24. The van der Waals surface area contributed by atoms with Crippen molar-refractivity contribution in [2.45, 2.75) is 25.7 Å². The lowest BCUT2D eigenvalue weighted by Crippen LogP contribution is -2.41. The molecule has 0 aliphatic carbocycles. The second kappa shape index (κ2) is 7.53. The van der Waals surface area contributed by atoms with Crippen molar-refractivity contribution in [3.05, 3.63) is 36.0 Å². The van der Waals surface area contributed by atoms with Crippen LogP contribution in [0.2, 0.25) is 0 Å². The Kier molecular flexibility index (Phi) is 5.20. The molecule has 1 fully saturated rings. The number of nitrogens with zero attached hydrogens (tertiary/aromatic N) is 3. The van der Waals surface area contributed by atoms with E-state index in [1.807, 2.05) is 6.92 Å². The molecule has 2 heterocycles. The van der Waals surface area contributed by atoms with E-state index < -0.39 is 0 Å². The molecule has 0 spiro atoms. The van der Waals surface area contributed by atoms with Gasteiger partial charge in [0.05, 0.1) is 6.54 Å². The lowest BCUT2D eigenvalue weighted by Gasteiger charge is -2.29. The van der Waals surface area contributed by atoms with E-state index in [4.69, 9.17) is 4.42 Å². The summed E-state index contributed by atoms with van der Waals surface area (Å²) in [7, 11) is 0. The summed E-state index contributed by atoms with van der Waals surface area (Å²) >= 11 is 0. The maximum absolute atomic E-state index is 13.0. The number of benzene rings is 1. The quantitative estimate of drug-likeness (QED) is 0.909. The fourth-order valence-electron chi connectivity index (χ4n) is 2.90. The van der Waals surface area contributed by atoms with Crippen LogP contribution in [0.25, 0.3) is 11.5 Å². The zero-order valence-electron chi connectivity index (χ0n) is 13.7. The summed E-state index contributed by atoms with van der Waals surface area (Å²) in [6.07, 6.45) is 1.76. The number of halogens is 1. The number of hydrogen-bond acceptors (Lipinski definition) is 5. The van der Waals surface area contributed by atoms with Crippen LogP contribution in [0.5, 0.6) is 0 Å². The second-order valence-electron chi connectivity index (χ2n) is 5.96. The molecule has 6 nitrogen and oxygen atoms in total. The first-order valence-corrected chi connectivity index (χ1v) is 8.24. The molecule has 1 aliphatic rings. The molecule has 1 saturated heterocycles. The number of amides is 1. The zero-order chi connectivity index (χ0) is 16.9. The van der Waals surface area contributed by atoms with Gasteiger partial charge >= 0.3 is 0 Å². The topological polar surface area (TPSA) is 71.3 Å². The maximum Gasteiger partial charge on any atom is 0.247 e. The molecular formula is C17H21FN4O2. The summed E-state index contributed by atoms with van der Waals surface area (Å²) in [6.45, 7) is 4.67. The lowest BCUT2D eigenvalue weighted by atomic mass is 9.97. The van der Waals surface area contributed by atoms with Crippen LogP contribution in [0.4, 0.5) is 4.39 Å². The standard InChI is InChI=1S/C17H21FN4O2/c1-2-19-15(23)11-22-9-7-13(8-10-22)17-21-20-16(24-17)12-3-5-14(18)6-4-12/h3-6,13H,2,7-11H2,1H3,(H,19,23). The van der Waals surface area contributed by atoms with Gasteiger partial charge in [-0.3, -0.25) is 9.69 Å². The number of rotatable bonds is 5. The summed E-state index contributed by atoms with van der Waals surface area (Å²) in [6, 6.07) is 6.00. The molecule has 24 heavy (non-hydrogen) atoms. The smallest absolute Gasteiger partial charge is 0.247 e. The van der Waals surface area contributed by atoms with E-state index in [1.165, 1.54) is 12.1 Å². The van der Waals surface area contributed by atoms with Crippen molar-refractivity contribution in [2.75, 3.05) is 26.2 Å². The van der Waals surface area contributed by atoms with Crippen LogP contribution < -0.4 is 5.32 Å². The normalized spacial score (nSPS) is 16.2. The minimum Gasteiger partial charge on any atom is -0.420 e. The van der Waals surface area contributed by atoms with Gasteiger partial charge in [0.1, 0.15) is 5.82 Å². The number of likely N-dealkylation sites (tertiary alicyclic amines) is 1. The van der Waals surface area contributed by atoms with E-state index >= 15 is 0 Å². The first-order chi connectivity index (χ1) is 11.7. The minimum atomic E-state index is -0.294. The van der Waals surface area contributed by atoms with E-state index in [2.05, 4.69) is 20.4 Å². The SMILES string of the molecule is CCNC(=O)CN1CCC(c2nnc(-c3ccc(F)cc3)o2)CC1. The van der Waals surface area contributed by atoms with Crippen molar-refractivity contribution in [3.63, 3.8) is 0 Å². The summed E-state index contributed by atoms with van der Waals surface area (Å²) in [5, 5.41) is 11.0. The van der Waals surface area contributed by atoms with Gasteiger partial charge in [-0.15, -0.1) is 10.2 Å². The van der Waals surface area contributed by atoms with Gasteiger partial charge in [0.25, 0.3) is 0 Å². The highest BCUT2D eigenvalue weighted by Gasteiger charge is 2.26. The van der Waals surface area contributed by atoms with Gasteiger partial charge in [-0.05, 0) is 57.1 Å². The Morgan fingerprint density at radius 3 is 2.67 bits per heavy atom. The minimum absolute atomic E-state index is 0.0623. The molecule has 0 radical (unpaired) electrons. The Morgan fingerprint density at radius 2 is 2.00 bits per heavy atom. The van der Waals surface area contributed by atoms with E-state index in [0.29, 0.717) is 30.4 Å². The van der Waals surface area contributed by atoms with Crippen molar-refractivity contribution in [2.24, 2.45) is 0 Å². The predicted octanol–water partition coefficient (Wildman–Crippen LogP) is 2.19. The number of piperidine rings is 1. The van der Waals surface area contributed by atoms with Crippen LogP contribution in [0, 0.1) is 5.82 Å². The monoisotopic (exact) mass is 332 g/mol. The first kappa shape index (κ1) is 16.6. The summed E-state index contributed by atoms with van der Waals surface area (Å²) in [5.41, 5.74) is 0.712. The van der Waals surface area contributed by atoms with Gasteiger partial charge in [-0.25, -0.2) is 4.39 Å². The van der Waals surface area contributed by atoms with Gasteiger partial charge in [-0.2, -0.15) is 0 Å². The molecule has 0 saturated carbocycles. The van der Waals surface area contributed by atoms with Crippen molar-refractivity contribution in [3.8, 4) is 11.5 Å². The molecule has 2 aromatic rings. The lowest BCUT2D eigenvalue weighted by molar-refractivity contribution is -0.122. The molecule has 3 rings (SSSR count). The molecule has 0 unspecified atom stereocenters. The Hall–Kier alpha value is -2.28. The van der Waals surface area contributed by atoms with Gasteiger partial charge in [-0.1, -0.05) is 0 Å². The maximum atomic E-state index is 13.0. The van der Waals surface area contributed by atoms with Crippen LogP contribution in [0.1, 0.15) is 31.6 Å². The molecule has 1 amide bonds.